The van der Waals surface area contributed by atoms with Gasteiger partial charge in [-0.1, -0.05) is 18.2 Å². The van der Waals surface area contributed by atoms with E-state index in [-0.39, 0.29) is 5.91 Å². The third-order valence-corrected chi connectivity index (χ3v) is 4.16. The number of carbonyl (C=O) groups is 1. The first kappa shape index (κ1) is 16.9. The first-order valence-corrected chi connectivity index (χ1v) is 8.56. The molecule has 2 N–H and O–H groups in total. The summed E-state index contributed by atoms with van der Waals surface area (Å²) in [7, 11) is 0. The molecule has 2 aromatic heterocycles. The minimum absolute atomic E-state index is 0.115. The molecule has 2 heterocycles. The molecule has 1 amide bonds. The maximum atomic E-state index is 11.3. The van der Waals surface area contributed by atoms with Gasteiger partial charge in [-0.25, -0.2) is 9.97 Å². The minimum Gasteiger partial charge on any atom is -0.485 e. The van der Waals surface area contributed by atoms with Crippen LogP contribution >= 0.6 is 11.3 Å². The fraction of sp³-hybridized carbons (Fsp3) is 0.167. The summed E-state index contributed by atoms with van der Waals surface area (Å²) in [6.45, 7) is 3.79. The zero-order valence-electron chi connectivity index (χ0n) is 13.9. The number of para-hydroxylation sites is 1. The molecule has 0 aliphatic rings. The predicted molar refractivity (Wildman–Crippen MR) is 99.4 cm³/mol. The van der Waals surface area contributed by atoms with Crippen molar-refractivity contribution in [2.45, 2.75) is 20.5 Å². The maximum absolute atomic E-state index is 11.3. The van der Waals surface area contributed by atoms with E-state index in [1.54, 1.807) is 23.7 Å². The second-order valence-corrected chi connectivity index (χ2v) is 6.61. The van der Waals surface area contributed by atoms with E-state index < -0.39 is 0 Å². The molecule has 1 aromatic carbocycles. The number of anilines is 3. The Kier molecular flexibility index (Phi) is 5.25. The smallest absolute Gasteiger partial charge is 0.221 e. The van der Waals surface area contributed by atoms with Crippen molar-refractivity contribution in [3.05, 3.63) is 59.2 Å². The number of carbonyl (C=O) groups excluding carboxylic acids is 1. The van der Waals surface area contributed by atoms with Gasteiger partial charge in [-0.3, -0.25) is 4.79 Å². The molecular weight excluding hydrogens is 336 g/mol. The van der Waals surface area contributed by atoms with Gasteiger partial charge in [0.1, 0.15) is 6.61 Å². The van der Waals surface area contributed by atoms with E-state index in [2.05, 4.69) is 20.6 Å². The molecule has 0 unspecified atom stereocenters. The Morgan fingerprint density at radius 3 is 2.80 bits per heavy atom. The van der Waals surface area contributed by atoms with Gasteiger partial charge >= 0.3 is 0 Å². The van der Waals surface area contributed by atoms with Crippen LogP contribution in [-0.2, 0) is 11.4 Å². The van der Waals surface area contributed by atoms with Crippen molar-refractivity contribution in [3.63, 3.8) is 0 Å². The molecule has 0 bridgehead atoms. The van der Waals surface area contributed by atoms with Crippen LogP contribution in [0.2, 0.25) is 0 Å². The van der Waals surface area contributed by atoms with E-state index in [9.17, 15) is 4.79 Å². The van der Waals surface area contributed by atoms with E-state index in [0.29, 0.717) is 18.2 Å². The highest BCUT2D eigenvalue weighted by Crippen LogP contribution is 2.28. The minimum atomic E-state index is -0.115. The SMILES string of the molecule is CC(=O)Nc1ccccc1COc1cccnc1Nc1ncc(C)s1. The van der Waals surface area contributed by atoms with E-state index >= 15 is 0 Å². The Hall–Kier alpha value is -2.93. The molecule has 0 spiro atoms. The summed E-state index contributed by atoms with van der Waals surface area (Å²) >= 11 is 1.55. The first-order chi connectivity index (χ1) is 12.1. The van der Waals surface area contributed by atoms with Crippen molar-refractivity contribution < 1.29 is 9.53 Å². The summed E-state index contributed by atoms with van der Waals surface area (Å²) in [5.74, 6) is 1.11. The number of pyridine rings is 1. The van der Waals surface area contributed by atoms with Gasteiger partial charge in [0.25, 0.3) is 0 Å². The average Bonchev–Trinajstić information content (AvgIpc) is 3.00. The lowest BCUT2D eigenvalue weighted by molar-refractivity contribution is -0.114. The zero-order valence-corrected chi connectivity index (χ0v) is 14.8. The largest absolute Gasteiger partial charge is 0.485 e. The quantitative estimate of drug-likeness (QED) is 0.696. The van der Waals surface area contributed by atoms with Crippen LogP contribution in [0.1, 0.15) is 17.4 Å². The van der Waals surface area contributed by atoms with Crippen molar-refractivity contribution in [2.75, 3.05) is 10.6 Å². The topological polar surface area (TPSA) is 76.1 Å². The molecule has 3 aromatic rings. The first-order valence-electron chi connectivity index (χ1n) is 7.74. The fourth-order valence-electron chi connectivity index (χ4n) is 2.23. The van der Waals surface area contributed by atoms with Crippen LogP contribution < -0.4 is 15.4 Å². The van der Waals surface area contributed by atoms with Crippen molar-refractivity contribution in [3.8, 4) is 5.75 Å². The van der Waals surface area contributed by atoms with Crippen molar-refractivity contribution in [2.24, 2.45) is 0 Å². The van der Waals surface area contributed by atoms with Crippen molar-refractivity contribution in [1.29, 1.82) is 0 Å². The highest BCUT2D eigenvalue weighted by atomic mass is 32.1. The Morgan fingerprint density at radius 2 is 2.04 bits per heavy atom. The molecule has 128 valence electrons. The average molecular weight is 354 g/mol. The summed E-state index contributed by atoms with van der Waals surface area (Å²) in [5.41, 5.74) is 1.63. The molecule has 0 atom stereocenters. The Balaban J connectivity index is 1.75. The number of hydrogen-bond donors (Lipinski definition) is 2. The van der Waals surface area contributed by atoms with Crippen LogP contribution in [0.3, 0.4) is 0 Å². The van der Waals surface area contributed by atoms with E-state index in [1.807, 2.05) is 43.3 Å². The van der Waals surface area contributed by atoms with Gasteiger partial charge < -0.3 is 15.4 Å². The number of thiazole rings is 1. The number of ether oxygens (including phenoxy) is 1. The summed E-state index contributed by atoms with van der Waals surface area (Å²) < 4.78 is 5.93. The third-order valence-electron chi connectivity index (χ3n) is 3.33. The summed E-state index contributed by atoms with van der Waals surface area (Å²) in [6.07, 6.45) is 3.50. The number of amides is 1. The van der Waals surface area contributed by atoms with Crippen LogP contribution in [0.25, 0.3) is 0 Å². The number of aromatic nitrogens is 2. The Labute approximate surface area is 149 Å². The number of rotatable bonds is 6. The van der Waals surface area contributed by atoms with E-state index in [1.165, 1.54) is 6.92 Å². The fourth-order valence-corrected chi connectivity index (χ4v) is 2.89. The molecule has 25 heavy (non-hydrogen) atoms. The summed E-state index contributed by atoms with van der Waals surface area (Å²) in [6, 6.07) is 11.2. The van der Waals surface area contributed by atoms with Gasteiger partial charge in [0, 0.05) is 35.4 Å². The van der Waals surface area contributed by atoms with Crippen LogP contribution in [0.15, 0.2) is 48.8 Å². The number of nitrogens with one attached hydrogen (secondary N) is 2. The lowest BCUT2D eigenvalue weighted by Crippen LogP contribution is -2.09. The van der Waals surface area contributed by atoms with Crippen LogP contribution in [0, 0.1) is 6.92 Å². The maximum Gasteiger partial charge on any atom is 0.221 e. The summed E-state index contributed by atoms with van der Waals surface area (Å²) in [5, 5.41) is 6.75. The molecular formula is C18H18N4O2S. The van der Waals surface area contributed by atoms with Crippen LogP contribution in [0.4, 0.5) is 16.6 Å². The van der Waals surface area contributed by atoms with E-state index in [0.717, 1.165) is 21.3 Å². The molecule has 0 saturated heterocycles. The van der Waals surface area contributed by atoms with Crippen molar-refractivity contribution in [1.82, 2.24) is 9.97 Å². The second kappa shape index (κ2) is 7.76. The highest BCUT2D eigenvalue weighted by molar-refractivity contribution is 7.15. The molecule has 0 fully saturated rings. The number of hydrogen-bond acceptors (Lipinski definition) is 6. The lowest BCUT2D eigenvalue weighted by atomic mass is 10.2. The predicted octanol–water partition coefficient (Wildman–Crippen LogP) is 4.13. The zero-order chi connectivity index (χ0) is 17.6. The normalized spacial score (nSPS) is 10.3. The van der Waals surface area contributed by atoms with Crippen molar-refractivity contribution >= 4 is 33.9 Å². The van der Waals surface area contributed by atoms with E-state index in [4.69, 9.17) is 4.74 Å². The van der Waals surface area contributed by atoms with Gasteiger partial charge in [0.15, 0.2) is 16.7 Å². The van der Waals surface area contributed by atoms with Crippen LogP contribution in [-0.4, -0.2) is 15.9 Å². The molecule has 6 nitrogen and oxygen atoms in total. The molecule has 7 heteroatoms. The van der Waals surface area contributed by atoms with Gasteiger partial charge in [-0.15, -0.1) is 11.3 Å². The second-order valence-electron chi connectivity index (χ2n) is 5.38. The molecule has 0 aliphatic heterocycles. The molecule has 0 aliphatic carbocycles. The summed E-state index contributed by atoms with van der Waals surface area (Å²) in [4.78, 5) is 21.0. The van der Waals surface area contributed by atoms with Gasteiger partial charge in [-0.2, -0.15) is 0 Å². The highest BCUT2D eigenvalue weighted by Gasteiger charge is 2.09. The lowest BCUT2D eigenvalue weighted by Gasteiger charge is -2.13. The number of aryl methyl sites for hydroxylation is 1. The monoisotopic (exact) mass is 354 g/mol. The number of nitrogens with zero attached hydrogens (tertiary/aromatic N) is 2. The van der Waals surface area contributed by atoms with Crippen LogP contribution in [0.5, 0.6) is 5.75 Å². The van der Waals surface area contributed by atoms with Gasteiger partial charge in [0.05, 0.1) is 0 Å². The Bertz CT molecular complexity index is 879. The van der Waals surface area contributed by atoms with Gasteiger partial charge in [0.2, 0.25) is 5.91 Å². The third kappa shape index (κ3) is 4.54. The molecule has 3 rings (SSSR count). The molecule has 0 saturated carbocycles. The standard InChI is InChI=1S/C18H18N4O2S/c1-12-10-20-18(25-12)22-17-16(8-5-9-19-17)24-11-14-6-3-4-7-15(14)21-13(2)23/h3-10H,11H2,1-2H3,(H,21,23)(H,19,20,22). The van der Waals surface area contributed by atoms with Gasteiger partial charge in [-0.05, 0) is 25.1 Å². The Morgan fingerprint density at radius 1 is 1.20 bits per heavy atom. The molecule has 0 radical (unpaired) electrons. The number of benzene rings is 1.